The highest BCUT2D eigenvalue weighted by Gasteiger charge is 2.33. The molecule has 2 heterocycles. The molecule has 2 aromatic carbocycles. The Labute approximate surface area is 155 Å². The molecule has 0 amide bonds. The highest BCUT2D eigenvalue weighted by atomic mass is 19.4. The van der Waals surface area contributed by atoms with Crippen molar-refractivity contribution in [2.45, 2.75) is 25.6 Å². The third-order valence-corrected chi connectivity index (χ3v) is 5.28. The van der Waals surface area contributed by atoms with Crippen LogP contribution in [0.4, 0.5) is 13.2 Å². The second-order valence-corrected chi connectivity index (χ2v) is 7.01. The van der Waals surface area contributed by atoms with Gasteiger partial charge >= 0.3 is 6.18 Å². The Bertz CT molecular complexity index is 972. The van der Waals surface area contributed by atoms with Crippen LogP contribution in [0.2, 0.25) is 0 Å². The van der Waals surface area contributed by atoms with Gasteiger partial charge in [-0.25, -0.2) is 0 Å². The van der Waals surface area contributed by atoms with Gasteiger partial charge in [0.15, 0.2) is 0 Å². The number of hydrogen-bond acceptors (Lipinski definition) is 2. The molecule has 2 nitrogen and oxygen atoms in total. The number of fused-ring (bicyclic) bond motifs is 1. The van der Waals surface area contributed by atoms with Crippen molar-refractivity contribution in [3.05, 3.63) is 77.6 Å². The molecule has 5 heteroatoms. The van der Waals surface area contributed by atoms with Crippen LogP contribution in [-0.4, -0.2) is 12.6 Å². The molecule has 27 heavy (non-hydrogen) atoms. The molecule has 0 saturated heterocycles. The van der Waals surface area contributed by atoms with Crippen LogP contribution < -0.4 is 5.32 Å². The molecule has 1 aromatic heterocycles. The number of nitrogens with one attached hydrogen (secondary N) is 1. The van der Waals surface area contributed by atoms with Crippen LogP contribution >= 0.6 is 0 Å². The van der Waals surface area contributed by atoms with Crippen LogP contribution in [0.3, 0.4) is 0 Å². The van der Waals surface area contributed by atoms with Gasteiger partial charge in [-0.3, -0.25) is 0 Å². The topological polar surface area (TPSA) is 25.2 Å². The molecule has 3 aromatic rings. The van der Waals surface area contributed by atoms with Crippen molar-refractivity contribution in [1.82, 2.24) is 5.32 Å². The van der Waals surface area contributed by atoms with Gasteiger partial charge in [-0.2, -0.15) is 13.2 Å². The summed E-state index contributed by atoms with van der Waals surface area (Å²) < 4.78 is 45.6. The number of benzene rings is 2. The Morgan fingerprint density at radius 1 is 1.11 bits per heavy atom. The molecule has 2 atom stereocenters. The van der Waals surface area contributed by atoms with Crippen molar-refractivity contribution in [3.63, 3.8) is 0 Å². The maximum absolute atomic E-state index is 13.4. The van der Waals surface area contributed by atoms with E-state index in [4.69, 9.17) is 4.42 Å². The Hall–Kier alpha value is -2.53. The molecular formula is C22H20F3NO. The molecule has 1 N–H and O–H groups in total. The van der Waals surface area contributed by atoms with Gasteiger partial charge in [-0.05, 0) is 41.7 Å². The minimum absolute atomic E-state index is 0.0516. The summed E-state index contributed by atoms with van der Waals surface area (Å²) in [5, 5.41) is 3.95. The Kier molecular flexibility index (Phi) is 4.56. The second-order valence-electron chi connectivity index (χ2n) is 7.01. The molecule has 0 bridgehead atoms. The summed E-state index contributed by atoms with van der Waals surface area (Å²) in [6.07, 6.45) is -0.147. The fraction of sp³-hybridized carbons (Fsp3) is 0.273. The average Bonchev–Trinajstić information content (AvgIpc) is 3.12. The smallest absolute Gasteiger partial charge is 0.416 e. The predicted molar refractivity (Wildman–Crippen MR) is 100 cm³/mol. The van der Waals surface area contributed by atoms with E-state index in [1.54, 1.807) is 6.07 Å². The minimum atomic E-state index is -4.39. The van der Waals surface area contributed by atoms with Crippen LogP contribution in [0.15, 0.2) is 65.3 Å². The maximum Gasteiger partial charge on any atom is 0.416 e. The van der Waals surface area contributed by atoms with Gasteiger partial charge in [-0.15, -0.1) is 0 Å². The largest absolute Gasteiger partial charge is 0.464 e. The standard InChI is InChI=1S/C22H20F3NO/c1-14-18(7-9-26-20(14)11-15-5-3-2-4-6-15)19-13-17(22(23,24)25)12-16-8-10-27-21(16)19/h2-8,10,12-14,20,26H,9,11H2,1H3. The van der Waals surface area contributed by atoms with E-state index in [0.717, 1.165) is 18.1 Å². The Morgan fingerprint density at radius 3 is 2.63 bits per heavy atom. The quantitative estimate of drug-likeness (QED) is 0.640. The Morgan fingerprint density at radius 2 is 1.89 bits per heavy atom. The lowest BCUT2D eigenvalue weighted by molar-refractivity contribution is -0.137. The van der Waals surface area contributed by atoms with Gasteiger partial charge in [0.25, 0.3) is 0 Å². The lowest BCUT2D eigenvalue weighted by atomic mass is 9.82. The van der Waals surface area contributed by atoms with E-state index in [-0.39, 0.29) is 12.0 Å². The molecule has 2 unspecified atom stereocenters. The third-order valence-electron chi connectivity index (χ3n) is 5.28. The molecular weight excluding hydrogens is 351 g/mol. The van der Waals surface area contributed by atoms with E-state index in [2.05, 4.69) is 24.4 Å². The van der Waals surface area contributed by atoms with Gasteiger partial charge in [-0.1, -0.05) is 43.3 Å². The molecule has 4 rings (SSSR count). The minimum Gasteiger partial charge on any atom is -0.464 e. The summed E-state index contributed by atoms with van der Waals surface area (Å²) in [7, 11) is 0. The van der Waals surface area contributed by atoms with Crippen LogP contribution in [0, 0.1) is 5.92 Å². The van der Waals surface area contributed by atoms with E-state index in [9.17, 15) is 13.2 Å². The number of furan rings is 1. The zero-order chi connectivity index (χ0) is 19.0. The van der Waals surface area contributed by atoms with Gasteiger partial charge < -0.3 is 9.73 Å². The van der Waals surface area contributed by atoms with Crippen LogP contribution in [0.5, 0.6) is 0 Å². The molecule has 140 valence electrons. The number of rotatable bonds is 3. The third kappa shape index (κ3) is 3.52. The van der Waals surface area contributed by atoms with Gasteiger partial charge in [0.1, 0.15) is 5.58 Å². The molecule has 0 aliphatic carbocycles. The number of halogens is 3. The summed E-state index contributed by atoms with van der Waals surface area (Å²) in [6, 6.07) is 14.2. The summed E-state index contributed by atoms with van der Waals surface area (Å²) in [6.45, 7) is 2.68. The summed E-state index contributed by atoms with van der Waals surface area (Å²) in [4.78, 5) is 0. The van der Waals surface area contributed by atoms with Crippen molar-refractivity contribution < 1.29 is 17.6 Å². The lowest BCUT2D eigenvalue weighted by Gasteiger charge is -2.32. The fourth-order valence-electron chi connectivity index (χ4n) is 3.83. The van der Waals surface area contributed by atoms with Gasteiger partial charge in [0, 0.05) is 23.5 Å². The van der Waals surface area contributed by atoms with E-state index in [1.165, 1.54) is 17.9 Å². The first-order valence-electron chi connectivity index (χ1n) is 8.99. The number of alkyl halides is 3. The molecule has 0 spiro atoms. The first-order valence-corrected chi connectivity index (χ1v) is 8.99. The van der Waals surface area contributed by atoms with Crippen molar-refractivity contribution in [2.75, 3.05) is 6.54 Å². The molecule has 1 aliphatic rings. The SMILES string of the molecule is CC1C(c2cc(C(F)(F)F)cc3ccoc23)=CCNC1Cc1ccccc1. The summed E-state index contributed by atoms with van der Waals surface area (Å²) in [5.41, 5.74) is 2.52. The van der Waals surface area contributed by atoms with Crippen molar-refractivity contribution in [1.29, 1.82) is 0 Å². The van der Waals surface area contributed by atoms with Crippen molar-refractivity contribution in [3.8, 4) is 0 Å². The monoisotopic (exact) mass is 371 g/mol. The van der Waals surface area contributed by atoms with E-state index < -0.39 is 11.7 Å². The summed E-state index contributed by atoms with van der Waals surface area (Å²) in [5.74, 6) is 0.0516. The van der Waals surface area contributed by atoms with Crippen LogP contribution in [0.1, 0.15) is 23.6 Å². The first kappa shape index (κ1) is 17.9. The number of hydrogen-bond donors (Lipinski definition) is 1. The molecule has 0 fully saturated rings. The highest BCUT2D eigenvalue weighted by Crippen LogP contribution is 2.39. The highest BCUT2D eigenvalue weighted by molar-refractivity contribution is 5.91. The second kappa shape index (κ2) is 6.89. The predicted octanol–water partition coefficient (Wildman–Crippen LogP) is 5.69. The van der Waals surface area contributed by atoms with E-state index >= 15 is 0 Å². The normalized spacial score (nSPS) is 20.7. The van der Waals surface area contributed by atoms with Crippen LogP contribution in [-0.2, 0) is 12.6 Å². The fourth-order valence-corrected chi connectivity index (χ4v) is 3.83. The van der Waals surface area contributed by atoms with Gasteiger partial charge in [0.2, 0.25) is 0 Å². The van der Waals surface area contributed by atoms with Gasteiger partial charge in [0.05, 0.1) is 11.8 Å². The van der Waals surface area contributed by atoms with Crippen molar-refractivity contribution in [2.24, 2.45) is 5.92 Å². The van der Waals surface area contributed by atoms with Crippen LogP contribution in [0.25, 0.3) is 16.5 Å². The average molecular weight is 371 g/mol. The zero-order valence-corrected chi connectivity index (χ0v) is 14.9. The lowest BCUT2D eigenvalue weighted by Crippen LogP contribution is -2.40. The molecule has 0 radical (unpaired) electrons. The van der Waals surface area contributed by atoms with E-state index in [0.29, 0.717) is 23.1 Å². The first-order chi connectivity index (χ1) is 12.9. The zero-order valence-electron chi connectivity index (χ0n) is 14.9. The molecule has 0 saturated carbocycles. The van der Waals surface area contributed by atoms with Crippen molar-refractivity contribution >= 4 is 16.5 Å². The Balaban J connectivity index is 1.72. The maximum atomic E-state index is 13.4. The molecule has 1 aliphatic heterocycles. The summed E-state index contributed by atoms with van der Waals surface area (Å²) >= 11 is 0. The van der Waals surface area contributed by atoms with E-state index in [1.807, 2.05) is 24.3 Å².